The number of anilines is 1. The van der Waals surface area contributed by atoms with Crippen molar-refractivity contribution < 1.29 is 18.0 Å². The van der Waals surface area contributed by atoms with Gasteiger partial charge >= 0.3 is 6.18 Å². The standard InChI is InChI=1S/C21H22F3N5OS/c1-3-4-7-15-10-12-16(13-11-15)29-20(26-27-28-29)31-14(2)19(30)25-18-9-6-5-8-17(18)21(22,23)24/h5-6,8-14H,3-4,7H2,1-2H3,(H,25,30). The lowest BCUT2D eigenvalue weighted by Gasteiger charge is -2.16. The van der Waals surface area contributed by atoms with Crippen molar-refractivity contribution in [2.45, 2.75) is 49.7 Å². The number of nitrogens with zero attached hydrogens (tertiary/aromatic N) is 4. The molecule has 3 rings (SSSR count). The van der Waals surface area contributed by atoms with Crippen molar-refractivity contribution in [3.8, 4) is 5.69 Å². The Morgan fingerprint density at radius 3 is 2.55 bits per heavy atom. The molecule has 0 aliphatic rings. The molecule has 0 fully saturated rings. The number of unbranched alkanes of at least 4 members (excludes halogenated alkanes) is 1. The lowest BCUT2D eigenvalue weighted by atomic mass is 10.1. The van der Waals surface area contributed by atoms with Crippen LogP contribution in [0.4, 0.5) is 18.9 Å². The number of halogens is 3. The van der Waals surface area contributed by atoms with E-state index in [9.17, 15) is 18.0 Å². The summed E-state index contributed by atoms with van der Waals surface area (Å²) >= 11 is 1.06. The molecular formula is C21H22F3N5OS. The van der Waals surface area contributed by atoms with Gasteiger partial charge in [-0.1, -0.05) is 49.4 Å². The van der Waals surface area contributed by atoms with Gasteiger partial charge in [0, 0.05) is 0 Å². The van der Waals surface area contributed by atoms with E-state index in [-0.39, 0.29) is 5.69 Å². The first-order valence-corrected chi connectivity index (χ1v) is 10.7. The van der Waals surface area contributed by atoms with Crippen LogP contribution in [0.1, 0.15) is 37.8 Å². The Hall–Kier alpha value is -2.88. The smallest absolute Gasteiger partial charge is 0.325 e. The first kappa shape index (κ1) is 22.8. The molecule has 0 aliphatic heterocycles. The molecule has 0 saturated carbocycles. The number of hydrogen-bond donors (Lipinski definition) is 1. The summed E-state index contributed by atoms with van der Waals surface area (Å²) in [6.07, 6.45) is -1.35. The van der Waals surface area contributed by atoms with Crippen molar-refractivity contribution in [2.24, 2.45) is 0 Å². The molecule has 1 N–H and O–H groups in total. The molecule has 1 amide bonds. The molecule has 6 nitrogen and oxygen atoms in total. The van der Waals surface area contributed by atoms with E-state index in [4.69, 9.17) is 0 Å². The third-order valence-electron chi connectivity index (χ3n) is 4.58. The minimum Gasteiger partial charge on any atom is -0.325 e. The first-order chi connectivity index (χ1) is 14.8. The number of thioether (sulfide) groups is 1. The Bertz CT molecular complexity index is 1020. The summed E-state index contributed by atoms with van der Waals surface area (Å²) in [5.41, 5.74) is 0.773. The van der Waals surface area contributed by atoms with E-state index in [1.165, 1.54) is 28.4 Å². The van der Waals surface area contributed by atoms with Crippen LogP contribution in [0.3, 0.4) is 0 Å². The van der Waals surface area contributed by atoms with Crippen LogP contribution in [0.5, 0.6) is 0 Å². The maximum atomic E-state index is 13.2. The number of nitrogens with one attached hydrogen (secondary N) is 1. The summed E-state index contributed by atoms with van der Waals surface area (Å²) < 4.78 is 41.0. The van der Waals surface area contributed by atoms with E-state index in [1.807, 2.05) is 24.3 Å². The highest BCUT2D eigenvalue weighted by molar-refractivity contribution is 8.00. The summed E-state index contributed by atoms with van der Waals surface area (Å²) in [6, 6.07) is 12.7. The number of carbonyl (C=O) groups excluding carboxylic acids is 1. The molecule has 3 aromatic rings. The van der Waals surface area contributed by atoms with Crippen molar-refractivity contribution in [1.29, 1.82) is 0 Å². The highest BCUT2D eigenvalue weighted by Gasteiger charge is 2.34. The Labute approximate surface area is 182 Å². The third kappa shape index (κ3) is 5.84. The fraction of sp³-hybridized carbons (Fsp3) is 0.333. The van der Waals surface area contributed by atoms with E-state index in [1.54, 1.807) is 6.92 Å². The molecule has 1 atom stereocenters. The van der Waals surface area contributed by atoms with E-state index >= 15 is 0 Å². The van der Waals surface area contributed by atoms with Crippen LogP contribution >= 0.6 is 11.8 Å². The molecule has 0 radical (unpaired) electrons. The minimum absolute atomic E-state index is 0.283. The SMILES string of the molecule is CCCCc1ccc(-n2nnnc2SC(C)C(=O)Nc2ccccc2C(F)(F)F)cc1. The van der Waals surface area contributed by atoms with Crippen molar-refractivity contribution in [3.05, 3.63) is 59.7 Å². The monoisotopic (exact) mass is 449 g/mol. The van der Waals surface area contributed by atoms with Gasteiger partial charge in [0.15, 0.2) is 0 Å². The number of alkyl halides is 3. The summed E-state index contributed by atoms with van der Waals surface area (Å²) in [4.78, 5) is 12.5. The third-order valence-corrected chi connectivity index (χ3v) is 5.62. The Morgan fingerprint density at radius 1 is 1.16 bits per heavy atom. The van der Waals surface area contributed by atoms with Gasteiger partial charge in [-0.05, 0) is 60.0 Å². The number of carbonyl (C=O) groups is 1. The van der Waals surface area contributed by atoms with Crippen molar-refractivity contribution in [2.75, 3.05) is 5.32 Å². The molecule has 31 heavy (non-hydrogen) atoms. The first-order valence-electron chi connectivity index (χ1n) is 9.81. The van der Waals surface area contributed by atoms with Crippen LogP contribution in [0, 0.1) is 0 Å². The molecule has 1 aromatic heterocycles. The van der Waals surface area contributed by atoms with Crippen molar-refractivity contribution in [3.63, 3.8) is 0 Å². The maximum Gasteiger partial charge on any atom is 0.418 e. The Balaban J connectivity index is 1.70. The molecule has 1 unspecified atom stereocenters. The van der Waals surface area contributed by atoms with E-state index in [0.717, 1.165) is 42.8 Å². The number of hydrogen-bond acceptors (Lipinski definition) is 5. The number of tetrazole rings is 1. The molecule has 0 aliphatic carbocycles. The van der Waals surface area contributed by atoms with Gasteiger partial charge in [0.25, 0.3) is 0 Å². The van der Waals surface area contributed by atoms with Crippen LogP contribution in [0.15, 0.2) is 53.7 Å². The van der Waals surface area contributed by atoms with E-state index < -0.39 is 22.9 Å². The molecular weight excluding hydrogens is 427 g/mol. The Morgan fingerprint density at radius 2 is 1.87 bits per heavy atom. The molecule has 0 saturated heterocycles. The molecule has 10 heteroatoms. The second-order valence-electron chi connectivity index (χ2n) is 6.94. The lowest BCUT2D eigenvalue weighted by molar-refractivity contribution is -0.137. The summed E-state index contributed by atoms with van der Waals surface area (Å²) in [5.74, 6) is -0.578. The number of para-hydroxylation sites is 1. The molecule has 0 bridgehead atoms. The minimum atomic E-state index is -4.56. The predicted octanol–water partition coefficient (Wildman–Crippen LogP) is 5.14. The van der Waals surface area contributed by atoms with Gasteiger partial charge in [-0.3, -0.25) is 4.79 Å². The highest BCUT2D eigenvalue weighted by atomic mass is 32.2. The fourth-order valence-corrected chi connectivity index (χ4v) is 3.69. The van der Waals surface area contributed by atoms with E-state index in [2.05, 4.69) is 27.8 Å². The number of benzene rings is 2. The second kappa shape index (κ2) is 9.95. The van der Waals surface area contributed by atoms with Crippen molar-refractivity contribution in [1.82, 2.24) is 20.2 Å². The summed E-state index contributed by atoms with van der Waals surface area (Å²) in [5, 5.41) is 13.6. The van der Waals surface area contributed by atoms with Crippen LogP contribution in [-0.4, -0.2) is 31.4 Å². The van der Waals surface area contributed by atoms with Crippen molar-refractivity contribution >= 4 is 23.4 Å². The van der Waals surface area contributed by atoms with E-state index in [0.29, 0.717) is 5.16 Å². The van der Waals surface area contributed by atoms with Gasteiger partial charge in [-0.25, -0.2) is 0 Å². The normalized spacial score (nSPS) is 12.5. The average molecular weight is 450 g/mol. The molecule has 164 valence electrons. The molecule has 2 aromatic carbocycles. The van der Waals surface area contributed by atoms with Crippen LogP contribution in [-0.2, 0) is 17.4 Å². The lowest BCUT2D eigenvalue weighted by Crippen LogP contribution is -2.24. The number of aryl methyl sites for hydroxylation is 1. The Kier molecular flexibility index (Phi) is 7.32. The topological polar surface area (TPSA) is 72.7 Å². The number of amides is 1. The van der Waals surface area contributed by atoms with Gasteiger partial charge in [0.2, 0.25) is 11.1 Å². The summed E-state index contributed by atoms with van der Waals surface area (Å²) in [6.45, 7) is 3.72. The number of aromatic nitrogens is 4. The van der Waals surface area contributed by atoms with Crippen LogP contribution in [0.25, 0.3) is 5.69 Å². The summed E-state index contributed by atoms with van der Waals surface area (Å²) in [7, 11) is 0. The zero-order chi connectivity index (χ0) is 22.4. The van der Waals surface area contributed by atoms with Crippen LogP contribution in [0.2, 0.25) is 0 Å². The quantitative estimate of drug-likeness (QED) is 0.482. The zero-order valence-corrected chi connectivity index (χ0v) is 17.9. The predicted molar refractivity (Wildman–Crippen MR) is 113 cm³/mol. The van der Waals surface area contributed by atoms with Crippen LogP contribution < -0.4 is 5.32 Å². The van der Waals surface area contributed by atoms with Gasteiger partial charge in [0.05, 0.1) is 22.2 Å². The number of rotatable bonds is 8. The highest BCUT2D eigenvalue weighted by Crippen LogP contribution is 2.35. The largest absolute Gasteiger partial charge is 0.418 e. The maximum absolute atomic E-state index is 13.2. The molecule has 1 heterocycles. The second-order valence-corrected chi connectivity index (χ2v) is 8.24. The van der Waals surface area contributed by atoms with Gasteiger partial charge in [-0.2, -0.15) is 17.9 Å². The molecule has 0 spiro atoms. The van der Waals surface area contributed by atoms with Gasteiger partial charge in [-0.15, -0.1) is 5.10 Å². The van der Waals surface area contributed by atoms with Gasteiger partial charge in [0.1, 0.15) is 0 Å². The fourth-order valence-electron chi connectivity index (χ4n) is 2.88. The zero-order valence-electron chi connectivity index (χ0n) is 17.1. The van der Waals surface area contributed by atoms with Gasteiger partial charge < -0.3 is 5.32 Å². The average Bonchev–Trinajstić information content (AvgIpc) is 3.20.